The van der Waals surface area contributed by atoms with Gasteiger partial charge in [-0.2, -0.15) is 5.10 Å². The van der Waals surface area contributed by atoms with Crippen LogP contribution in [0.2, 0.25) is 0 Å². The average Bonchev–Trinajstić information content (AvgIpc) is 2.93. The van der Waals surface area contributed by atoms with Crippen LogP contribution in [-0.2, 0) is 6.54 Å². The fourth-order valence-corrected chi connectivity index (χ4v) is 2.45. The van der Waals surface area contributed by atoms with Gasteiger partial charge in [0.15, 0.2) is 0 Å². The molecule has 23 heavy (non-hydrogen) atoms. The van der Waals surface area contributed by atoms with E-state index in [4.69, 9.17) is 0 Å². The second-order valence-electron chi connectivity index (χ2n) is 4.96. The number of hydrogen-bond donors (Lipinski definition) is 1. The van der Waals surface area contributed by atoms with Crippen molar-refractivity contribution < 1.29 is 14.0 Å². The molecule has 0 amide bonds. The molecule has 0 atom stereocenters. The topological polar surface area (TPSA) is 50.4 Å². The molecular formula is C17H13F2N3O. The van der Waals surface area contributed by atoms with Gasteiger partial charge in [0.1, 0.15) is 17.3 Å². The molecule has 3 aromatic rings. The van der Waals surface area contributed by atoms with Crippen LogP contribution in [0.3, 0.4) is 0 Å². The Morgan fingerprint density at radius 2 is 2.09 bits per heavy atom. The summed E-state index contributed by atoms with van der Waals surface area (Å²) in [5.74, 6) is -1.48. The first-order chi connectivity index (χ1) is 11.1. The molecule has 2 aromatic carbocycles. The van der Waals surface area contributed by atoms with Crippen molar-refractivity contribution in [2.75, 3.05) is 0 Å². The van der Waals surface area contributed by atoms with E-state index in [2.05, 4.69) is 16.8 Å². The summed E-state index contributed by atoms with van der Waals surface area (Å²) >= 11 is 0. The van der Waals surface area contributed by atoms with Crippen LogP contribution >= 0.6 is 0 Å². The maximum Gasteiger partial charge on any atom is 0.135 e. The van der Waals surface area contributed by atoms with E-state index in [0.717, 1.165) is 23.0 Å². The first kappa shape index (κ1) is 14.9. The molecule has 0 saturated heterocycles. The number of fused-ring (bicyclic) bond motifs is 1. The molecule has 0 spiro atoms. The minimum absolute atomic E-state index is 0.0201. The Kier molecular flexibility index (Phi) is 3.89. The maximum atomic E-state index is 13.9. The number of oxime groups is 1. The molecular weight excluding hydrogens is 300 g/mol. The Labute approximate surface area is 131 Å². The summed E-state index contributed by atoms with van der Waals surface area (Å²) < 4.78 is 28.7. The molecule has 116 valence electrons. The highest BCUT2D eigenvalue weighted by Gasteiger charge is 2.15. The summed E-state index contributed by atoms with van der Waals surface area (Å²) in [5.41, 5.74) is 1.43. The highest BCUT2D eigenvalue weighted by atomic mass is 19.1. The molecule has 0 aliphatic carbocycles. The normalized spacial score (nSPS) is 11.8. The van der Waals surface area contributed by atoms with Crippen molar-refractivity contribution in [2.45, 2.75) is 6.54 Å². The number of hydrogen-bond acceptors (Lipinski definition) is 3. The van der Waals surface area contributed by atoms with Crippen LogP contribution in [0.25, 0.3) is 10.9 Å². The third kappa shape index (κ3) is 2.70. The fraction of sp³-hybridized carbons (Fsp3) is 0.0588. The highest BCUT2D eigenvalue weighted by Crippen LogP contribution is 2.20. The molecule has 1 N–H and O–H groups in total. The van der Waals surface area contributed by atoms with Crippen LogP contribution in [-0.4, -0.2) is 20.7 Å². The summed E-state index contributed by atoms with van der Waals surface area (Å²) in [4.78, 5) is 0. The number of allylic oxidation sites excluding steroid dienone is 1. The van der Waals surface area contributed by atoms with Gasteiger partial charge in [-0.3, -0.25) is 4.68 Å². The average molecular weight is 313 g/mol. The molecule has 6 heteroatoms. The van der Waals surface area contributed by atoms with E-state index in [1.807, 2.05) is 0 Å². The van der Waals surface area contributed by atoms with Crippen molar-refractivity contribution >= 4 is 16.6 Å². The number of benzene rings is 2. The number of halogens is 2. The lowest BCUT2D eigenvalue weighted by Crippen LogP contribution is -2.06. The number of nitrogens with zero attached hydrogens (tertiary/aromatic N) is 3. The van der Waals surface area contributed by atoms with E-state index in [-0.39, 0.29) is 11.3 Å². The monoisotopic (exact) mass is 313 g/mol. The van der Waals surface area contributed by atoms with E-state index in [9.17, 15) is 14.0 Å². The predicted molar refractivity (Wildman–Crippen MR) is 83.7 cm³/mol. The van der Waals surface area contributed by atoms with Crippen molar-refractivity contribution in [1.29, 1.82) is 0 Å². The summed E-state index contributed by atoms with van der Waals surface area (Å²) in [7, 11) is 0. The Bertz CT molecular complexity index is 915. The molecule has 0 unspecified atom stereocenters. The van der Waals surface area contributed by atoms with E-state index >= 15 is 0 Å². The van der Waals surface area contributed by atoms with Crippen LogP contribution in [0, 0.1) is 11.6 Å². The van der Waals surface area contributed by atoms with Gasteiger partial charge in [-0.1, -0.05) is 17.3 Å². The smallest absolute Gasteiger partial charge is 0.135 e. The second kappa shape index (κ2) is 6.00. The van der Waals surface area contributed by atoms with Crippen molar-refractivity contribution in [1.82, 2.24) is 9.78 Å². The second-order valence-corrected chi connectivity index (χ2v) is 4.96. The first-order valence-corrected chi connectivity index (χ1v) is 6.88. The number of rotatable bonds is 4. The van der Waals surface area contributed by atoms with Crippen molar-refractivity contribution in [3.05, 3.63) is 78.0 Å². The molecule has 0 radical (unpaired) electrons. The standard InChI is InChI=1S/C17H13F2N3O/c1-2-7-22-16-6-3-11(8-12(16)10-20-22)17(21-23)14-5-4-13(18)9-15(14)19/h2-6,8-10,23H,1,7H2/b21-17+. The molecule has 0 aliphatic rings. The van der Waals surface area contributed by atoms with Gasteiger partial charge in [-0.05, 0) is 24.3 Å². The van der Waals surface area contributed by atoms with Crippen molar-refractivity contribution in [3.63, 3.8) is 0 Å². The summed E-state index contributed by atoms with van der Waals surface area (Å²) in [6.45, 7) is 4.24. The van der Waals surface area contributed by atoms with Crippen LogP contribution in [0.5, 0.6) is 0 Å². The Morgan fingerprint density at radius 3 is 2.78 bits per heavy atom. The van der Waals surface area contributed by atoms with Crippen molar-refractivity contribution in [3.8, 4) is 0 Å². The van der Waals surface area contributed by atoms with Gasteiger partial charge in [0.2, 0.25) is 0 Å². The quantitative estimate of drug-likeness (QED) is 0.345. The summed E-state index contributed by atoms with van der Waals surface area (Å²) in [6, 6.07) is 8.34. The highest BCUT2D eigenvalue weighted by molar-refractivity contribution is 6.13. The van der Waals surface area contributed by atoms with Gasteiger partial charge < -0.3 is 5.21 Å². The predicted octanol–water partition coefficient (Wildman–Crippen LogP) is 3.73. The van der Waals surface area contributed by atoms with Gasteiger partial charge in [0.05, 0.1) is 18.3 Å². The molecule has 1 aromatic heterocycles. The largest absolute Gasteiger partial charge is 0.410 e. The molecule has 0 fully saturated rings. The third-order valence-electron chi connectivity index (χ3n) is 3.50. The van der Waals surface area contributed by atoms with E-state index in [1.165, 1.54) is 6.07 Å². The van der Waals surface area contributed by atoms with E-state index < -0.39 is 11.6 Å². The Balaban J connectivity index is 2.08. The van der Waals surface area contributed by atoms with Gasteiger partial charge in [0.25, 0.3) is 0 Å². The first-order valence-electron chi connectivity index (χ1n) is 6.88. The SMILES string of the molecule is C=CCn1ncc2cc(/C(=N\O)c3ccc(F)cc3F)ccc21. The molecule has 3 rings (SSSR count). The Hall–Kier alpha value is -3.02. The minimum atomic E-state index is -0.791. The van der Waals surface area contributed by atoms with E-state index in [1.54, 1.807) is 35.2 Å². The minimum Gasteiger partial charge on any atom is -0.410 e. The fourth-order valence-electron chi connectivity index (χ4n) is 2.45. The number of aromatic nitrogens is 2. The zero-order valence-electron chi connectivity index (χ0n) is 12.1. The van der Waals surface area contributed by atoms with Gasteiger partial charge >= 0.3 is 0 Å². The van der Waals surface area contributed by atoms with Crippen LogP contribution in [0.4, 0.5) is 8.78 Å². The maximum absolute atomic E-state index is 13.9. The Morgan fingerprint density at radius 1 is 1.26 bits per heavy atom. The zero-order chi connectivity index (χ0) is 16.4. The van der Waals surface area contributed by atoms with Crippen LogP contribution < -0.4 is 0 Å². The van der Waals surface area contributed by atoms with Crippen LogP contribution in [0.1, 0.15) is 11.1 Å². The molecule has 0 bridgehead atoms. The van der Waals surface area contributed by atoms with Gasteiger partial charge in [0, 0.05) is 22.6 Å². The lowest BCUT2D eigenvalue weighted by Gasteiger charge is -2.07. The lowest BCUT2D eigenvalue weighted by molar-refractivity contribution is 0.319. The molecule has 4 nitrogen and oxygen atoms in total. The van der Waals surface area contributed by atoms with Gasteiger partial charge in [-0.15, -0.1) is 6.58 Å². The van der Waals surface area contributed by atoms with Crippen LogP contribution in [0.15, 0.2) is 60.4 Å². The van der Waals surface area contributed by atoms with Crippen molar-refractivity contribution in [2.24, 2.45) is 5.16 Å². The van der Waals surface area contributed by atoms with E-state index in [0.29, 0.717) is 12.1 Å². The summed E-state index contributed by atoms with van der Waals surface area (Å²) in [6.07, 6.45) is 3.40. The third-order valence-corrected chi connectivity index (χ3v) is 3.50. The molecule has 0 aliphatic heterocycles. The zero-order valence-corrected chi connectivity index (χ0v) is 12.1. The summed E-state index contributed by atoms with van der Waals surface area (Å²) in [5, 5.41) is 17.5. The van der Waals surface area contributed by atoms with Gasteiger partial charge in [-0.25, -0.2) is 8.78 Å². The lowest BCUT2D eigenvalue weighted by atomic mass is 10.0. The molecule has 1 heterocycles. The molecule has 0 saturated carbocycles.